The number of benzene rings is 1. The Hall–Kier alpha value is -2.21. The molecule has 3 N–H and O–H groups in total. The fourth-order valence-corrected chi connectivity index (χ4v) is 2.33. The maximum absolute atomic E-state index is 13.0. The van der Waals surface area contributed by atoms with Crippen LogP contribution in [0.4, 0.5) is 10.2 Å². The molecular formula is C16H21FN3O2+. The molecule has 0 aliphatic carbocycles. The minimum Gasteiger partial charge on any atom is -0.360 e. The fourth-order valence-electron chi connectivity index (χ4n) is 2.33. The molecule has 0 bridgehead atoms. The van der Waals surface area contributed by atoms with Gasteiger partial charge in [0.15, 0.2) is 12.4 Å². The molecule has 2 aromatic rings. The molecule has 5 nitrogen and oxygen atoms in total. The Kier molecular flexibility index (Phi) is 5.27. The van der Waals surface area contributed by atoms with Gasteiger partial charge in [-0.2, -0.15) is 0 Å². The van der Waals surface area contributed by atoms with E-state index in [0.29, 0.717) is 17.5 Å². The van der Waals surface area contributed by atoms with Crippen molar-refractivity contribution < 1.29 is 19.0 Å². The maximum Gasteiger partial charge on any atom is 0.280 e. The molecule has 0 aliphatic rings. The van der Waals surface area contributed by atoms with Crippen LogP contribution in [0.3, 0.4) is 0 Å². The summed E-state index contributed by atoms with van der Waals surface area (Å²) < 4.78 is 17.9. The van der Waals surface area contributed by atoms with Gasteiger partial charge in [0.25, 0.3) is 5.91 Å². The first kappa shape index (κ1) is 16.2. The van der Waals surface area contributed by atoms with Gasteiger partial charge in [0, 0.05) is 17.5 Å². The summed E-state index contributed by atoms with van der Waals surface area (Å²) in [5.74, 6) is 0.962. The lowest BCUT2D eigenvalue weighted by Crippen LogP contribution is -2.88. The van der Waals surface area contributed by atoms with Gasteiger partial charge in [0.2, 0.25) is 0 Å². The van der Waals surface area contributed by atoms with Gasteiger partial charge < -0.3 is 15.2 Å². The van der Waals surface area contributed by atoms with Gasteiger partial charge in [-0.05, 0) is 19.1 Å². The van der Waals surface area contributed by atoms with Crippen molar-refractivity contribution in [1.82, 2.24) is 5.16 Å². The molecule has 0 saturated heterocycles. The molecule has 0 spiro atoms. The summed E-state index contributed by atoms with van der Waals surface area (Å²) >= 11 is 0. The predicted octanol–water partition coefficient (Wildman–Crippen LogP) is 2.02. The zero-order chi connectivity index (χ0) is 16.1. The third kappa shape index (κ3) is 4.39. The monoisotopic (exact) mass is 306 g/mol. The average molecular weight is 306 g/mol. The Morgan fingerprint density at radius 3 is 2.59 bits per heavy atom. The van der Waals surface area contributed by atoms with Gasteiger partial charge in [-0.3, -0.25) is 4.79 Å². The van der Waals surface area contributed by atoms with E-state index in [1.807, 2.05) is 5.32 Å². The first-order valence-corrected chi connectivity index (χ1v) is 7.27. The second kappa shape index (κ2) is 7.17. The summed E-state index contributed by atoms with van der Waals surface area (Å²) in [6.45, 7) is 6.16. The molecule has 1 atom stereocenters. The minimum atomic E-state index is -0.259. The van der Waals surface area contributed by atoms with Crippen molar-refractivity contribution in [2.45, 2.75) is 26.8 Å². The van der Waals surface area contributed by atoms with E-state index in [4.69, 9.17) is 4.52 Å². The fraction of sp³-hybridized carbons (Fsp3) is 0.375. The van der Waals surface area contributed by atoms with Gasteiger partial charge in [0.05, 0.1) is 0 Å². The highest BCUT2D eigenvalue weighted by Crippen LogP contribution is 2.17. The Bertz CT molecular complexity index is 623. The molecule has 0 fully saturated rings. The largest absolute Gasteiger partial charge is 0.360 e. The highest BCUT2D eigenvalue weighted by molar-refractivity contribution is 5.90. The summed E-state index contributed by atoms with van der Waals surface area (Å²) in [5, 5.41) is 8.35. The van der Waals surface area contributed by atoms with Crippen molar-refractivity contribution >= 4 is 11.7 Å². The van der Waals surface area contributed by atoms with E-state index in [9.17, 15) is 9.18 Å². The summed E-state index contributed by atoms with van der Waals surface area (Å²) in [5.41, 5.74) is 1.00. The van der Waals surface area contributed by atoms with E-state index in [-0.39, 0.29) is 24.3 Å². The zero-order valence-electron chi connectivity index (χ0n) is 13.0. The Labute approximate surface area is 128 Å². The highest BCUT2D eigenvalue weighted by Gasteiger charge is 2.20. The Morgan fingerprint density at radius 1 is 1.36 bits per heavy atom. The van der Waals surface area contributed by atoms with E-state index in [1.165, 1.54) is 12.1 Å². The number of aromatic nitrogens is 1. The van der Waals surface area contributed by atoms with Crippen molar-refractivity contribution in [3.63, 3.8) is 0 Å². The molecule has 0 aliphatic heterocycles. The molecule has 6 heteroatoms. The molecule has 1 aromatic carbocycles. The standard InChI is InChI=1S/C16H20FN3O2/c1-10(2)16(12-4-6-13(17)7-5-12)18-9-15(21)19-14-8-11(3)22-20-14/h4-8,10,16,18H,9H2,1-3H3,(H,19,20,21)/p+1/t16-/m0/s1. The molecular weight excluding hydrogens is 285 g/mol. The molecule has 0 saturated carbocycles. The van der Waals surface area contributed by atoms with Crippen LogP contribution in [0, 0.1) is 18.7 Å². The number of nitrogens with one attached hydrogen (secondary N) is 1. The first-order chi connectivity index (χ1) is 10.5. The molecule has 0 unspecified atom stereocenters. The smallest absolute Gasteiger partial charge is 0.280 e. The SMILES string of the molecule is Cc1cc(NC(=O)C[NH2+][C@H](c2ccc(F)cc2)C(C)C)no1. The minimum absolute atomic E-state index is 0.0883. The van der Waals surface area contributed by atoms with Gasteiger partial charge >= 0.3 is 0 Å². The second-order valence-electron chi connectivity index (χ2n) is 5.63. The molecule has 118 valence electrons. The number of anilines is 1. The number of nitrogens with zero attached hydrogens (tertiary/aromatic N) is 1. The topological polar surface area (TPSA) is 71.7 Å². The van der Waals surface area contributed by atoms with Crippen LogP contribution in [0.5, 0.6) is 0 Å². The van der Waals surface area contributed by atoms with Crippen LogP contribution in [0.25, 0.3) is 0 Å². The Balaban J connectivity index is 1.94. The number of hydrogen-bond acceptors (Lipinski definition) is 3. The lowest BCUT2D eigenvalue weighted by Gasteiger charge is -2.19. The van der Waals surface area contributed by atoms with E-state index >= 15 is 0 Å². The van der Waals surface area contributed by atoms with Crippen LogP contribution in [-0.2, 0) is 4.79 Å². The summed E-state index contributed by atoms with van der Waals surface area (Å²) in [6.07, 6.45) is 0. The van der Waals surface area contributed by atoms with Crippen LogP contribution in [0.1, 0.15) is 31.2 Å². The van der Waals surface area contributed by atoms with E-state index in [0.717, 1.165) is 5.56 Å². The maximum atomic E-state index is 13.0. The number of carbonyl (C=O) groups is 1. The molecule has 22 heavy (non-hydrogen) atoms. The number of carbonyl (C=O) groups excluding carboxylic acids is 1. The third-order valence-corrected chi connectivity index (χ3v) is 3.43. The quantitative estimate of drug-likeness (QED) is 0.857. The summed E-state index contributed by atoms with van der Waals surface area (Å²) in [7, 11) is 0. The molecule has 0 radical (unpaired) electrons. The summed E-state index contributed by atoms with van der Waals surface area (Å²) in [4.78, 5) is 12.0. The van der Waals surface area contributed by atoms with Crippen LogP contribution in [0.15, 0.2) is 34.9 Å². The van der Waals surface area contributed by atoms with E-state index < -0.39 is 0 Å². The normalized spacial score (nSPS) is 12.4. The lowest BCUT2D eigenvalue weighted by atomic mass is 9.96. The van der Waals surface area contributed by atoms with Gasteiger partial charge in [-0.25, -0.2) is 4.39 Å². The molecule has 1 heterocycles. The van der Waals surface area contributed by atoms with E-state index in [1.54, 1.807) is 25.1 Å². The van der Waals surface area contributed by atoms with Gasteiger partial charge in [-0.15, -0.1) is 0 Å². The van der Waals surface area contributed by atoms with Crippen molar-refractivity contribution in [1.29, 1.82) is 0 Å². The van der Waals surface area contributed by atoms with Crippen molar-refractivity contribution in [3.05, 3.63) is 47.5 Å². The van der Waals surface area contributed by atoms with Gasteiger partial charge in [-0.1, -0.05) is 31.1 Å². The summed E-state index contributed by atoms with van der Waals surface area (Å²) in [6, 6.07) is 8.15. The predicted molar refractivity (Wildman–Crippen MR) is 80.6 cm³/mol. The van der Waals surface area contributed by atoms with Crippen LogP contribution in [0.2, 0.25) is 0 Å². The van der Waals surface area contributed by atoms with Crippen molar-refractivity contribution in [2.75, 3.05) is 11.9 Å². The number of quaternary nitrogens is 1. The van der Waals surface area contributed by atoms with Crippen molar-refractivity contribution in [3.8, 4) is 0 Å². The van der Waals surface area contributed by atoms with Crippen LogP contribution >= 0.6 is 0 Å². The van der Waals surface area contributed by atoms with Crippen LogP contribution < -0.4 is 10.6 Å². The third-order valence-electron chi connectivity index (χ3n) is 3.43. The number of amides is 1. The molecule has 2 rings (SSSR count). The van der Waals surface area contributed by atoms with E-state index in [2.05, 4.69) is 24.3 Å². The number of aryl methyl sites for hydroxylation is 1. The van der Waals surface area contributed by atoms with Crippen LogP contribution in [-0.4, -0.2) is 17.6 Å². The average Bonchev–Trinajstić information content (AvgIpc) is 2.86. The number of hydrogen-bond donors (Lipinski definition) is 2. The number of halogens is 1. The first-order valence-electron chi connectivity index (χ1n) is 7.27. The second-order valence-corrected chi connectivity index (χ2v) is 5.63. The number of nitrogens with two attached hydrogens (primary N) is 1. The molecule has 1 aromatic heterocycles. The van der Waals surface area contributed by atoms with Crippen molar-refractivity contribution in [2.24, 2.45) is 5.92 Å². The lowest BCUT2D eigenvalue weighted by molar-refractivity contribution is -0.692. The highest BCUT2D eigenvalue weighted by atomic mass is 19.1. The van der Waals surface area contributed by atoms with Gasteiger partial charge in [0.1, 0.15) is 17.6 Å². The zero-order valence-corrected chi connectivity index (χ0v) is 13.0. The number of rotatable bonds is 6. The molecule has 1 amide bonds. The Morgan fingerprint density at radius 2 is 2.05 bits per heavy atom.